The average Bonchev–Trinajstić information content (AvgIpc) is 2.94. The molecule has 1 aliphatic heterocycles. The monoisotopic (exact) mass is 332 g/mol. The smallest absolute Gasteiger partial charge is 0.208 e. The van der Waals surface area contributed by atoms with E-state index in [1.807, 2.05) is 0 Å². The zero-order chi connectivity index (χ0) is 15.9. The van der Waals surface area contributed by atoms with E-state index in [1.165, 1.54) is 5.56 Å². The molecule has 1 atom stereocenters. The average molecular weight is 332 g/mol. The first kappa shape index (κ1) is 16.5. The van der Waals surface area contributed by atoms with Crippen molar-refractivity contribution in [1.29, 1.82) is 0 Å². The van der Waals surface area contributed by atoms with Crippen molar-refractivity contribution in [2.75, 3.05) is 25.4 Å². The van der Waals surface area contributed by atoms with Crippen molar-refractivity contribution in [1.82, 2.24) is 20.1 Å². The minimum Gasteiger partial charge on any atom is -0.376 e. The van der Waals surface area contributed by atoms with Crippen molar-refractivity contribution >= 4 is 11.8 Å². The summed E-state index contributed by atoms with van der Waals surface area (Å²) in [6.07, 6.45) is 2.21. The van der Waals surface area contributed by atoms with Crippen LogP contribution in [0.1, 0.15) is 24.7 Å². The van der Waals surface area contributed by atoms with E-state index >= 15 is 0 Å². The first-order chi connectivity index (χ1) is 11.3. The van der Waals surface area contributed by atoms with Gasteiger partial charge in [-0.25, -0.2) is 4.98 Å². The maximum atomic E-state index is 6.00. The van der Waals surface area contributed by atoms with Crippen molar-refractivity contribution in [3.63, 3.8) is 0 Å². The van der Waals surface area contributed by atoms with Gasteiger partial charge in [-0.05, 0) is 12.0 Å². The Kier molecular flexibility index (Phi) is 6.07. The quantitative estimate of drug-likeness (QED) is 0.824. The van der Waals surface area contributed by atoms with Crippen LogP contribution in [-0.4, -0.2) is 51.6 Å². The molecule has 1 fully saturated rings. The molecule has 0 amide bonds. The normalized spacial score (nSPS) is 19.6. The van der Waals surface area contributed by atoms with Gasteiger partial charge in [0.2, 0.25) is 5.16 Å². The molecule has 0 radical (unpaired) electrons. The second kappa shape index (κ2) is 8.47. The zero-order valence-corrected chi connectivity index (χ0v) is 14.4. The van der Waals surface area contributed by atoms with E-state index in [0.717, 1.165) is 55.8 Å². The molecule has 1 aromatic carbocycles. The molecule has 2 heterocycles. The molecule has 0 saturated carbocycles. The van der Waals surface area contributed by atoms with Gasteiger partial charge in [0, 0.05) is 38.4 Å². The highest BCUT2D eigenvalue weighted by Crippen LogP contribution is 2.18. The van der Waals surface area contributed by atoms with Crippen LogP contribution in [0, 0.1) is 0 Å². The van der Waals surface area contributed by atoms with E-state index in [4.69, 9.17) is 4.74 Å². The van der Waals surface area contributed by atoms with Crippen LogP contribution in [0.3, 0.4) is 0 Å². The Morgan fingerprint density at radius 1 is 1.35 bits per heavy atom. The Morgan fingerprint density at radius 2 is 2.22 bits per heavy atom. The maximum absolute atomic E-state index is 6.00. The number of thioether (sulfide) groups is 1. The molecular formula is C17H24N4OS. The van der Waals surface area contributed by atoms with E-state index in [2.05, 4.69) is 57.3 Å². The molecular weight excluding hydrogens is 308 g/mol. The standard InChI is InChI=1S/C17H24N4OS/c1-2-16-18-17(20-19-16)23-13-15-12-21(9-6-10-22-15)11-14-7-4-3-5-8-14/h3-5,7-8,15H,2,6,9-13H2,1H3,(H,18,19,20)/t15-/m1/s1. The second-order valence-corrected chi connectivity index (χ2v) is 6.78. The van der Waals surface area contributed by atoms with Gasteiger partial charge in [0.25, 0.3) is 0 Å². The van der Waals surface area contributed by atoms with Crippen LogP contribution < -0.4 is 0 Å². The lowest BCUT2D eigenvalue weighted by Crippen LogP contribution is -2.32. The summed E-state index contributed by atoms with van der Waals surface area (Å²) in [5.74, 6) is 1.84. The number of aromatic nitrogens is 3. The highest BCUT2D eigenvalue weighted by Gasteiger charge is 2.19. The summed E-state index contributed by atoms with van der Waals surface area (Å²) in [5, 5.41) is 8.03. The van der Waals surface area contributed by atoms with Gasteiger partial charge in [-0.1, -0.05) is 49.0 Å². The summed E-state index contributed by atoms with van der Waals surface area (Å²) in [6, 6.07) is 10.7. The molecule has 5 nitrogen and oxygen atoms in total. The molecule has 6 heteroatoms. The zero-order valence-electron chi connectivity index (χ0n) is 13.6. The summed E-state index contributed by atoms with van der Waals surface area (Å²) in [4.78, 5) is 6.94. The van der Waals surface area contributed by atoms with E-state index in [1.54, 1.807) is 11.8 Å². The molecule has 1 aromatic heterocycles. The van der Waals surface area contributed by atoms with Crippen LogP contribution in [0.2, 0.25) is 0 Å². The summed E-state index contributed by atoms with van der Waals surface area (Å²) < 4.78 is 6.00. The Hall–Kier alpha value is -1.37. The number of nitrogens with zero attached hydrogens (tertiary/aromatic N) is 3. The van der Waals surface area contributed by atoms with Crippen molar-refractivity contribution < 1.29 is 4.74 Å². The van der Waals surface area contributed by atoms with E-state index in [-0.39, 0.29) is 6.10 Å². The molecule has 0 aliphatic carbocycles. The minimum atomic E-state index is 0.231. The highest BCUT2D eigenvalue weighted by molar-refractivity contribution is 7.99. The number of ether oxygens (including phenoxy) is 1. The lowest BCUT2D eigenvalue weighted by atomic mass is 10.2. The molecule has 0 unspecified atom stereocenters. The molecule has 124 valence electrons. The van der Waals surface area contributed by atoms with Crippen molar-refractivity contribution in [2.24, 2.45) is 0 Å². The summed E-state index contributed by atoms with van der Waals surface area (Å²) in [6.45, 7) is 5.96. The lowest BCUT2D eigenvalue weighted by molar-refractivity contribution is 0.0700. The predicted octanol–water partition coefficient (Wildman–Crippen LogP) is 2.75. The van der Waals surface area contributed by atoms with Crippen LogP contribution in [-0.2, 0) is 17.7 Å². The summed E-state index contributed by atoms with van der Waals surface area (Å²) in [7, 11) is 0. The van der Waals surface area contributed by atoms with Crippen LogP contribution >= 0.6 is 11.8 Å². The fourth-order valence-corrected chi connectivity index (χ4v) is 3.55. The molecule has 1 saturated heterocycles. The summed E-state index contributed by atoms with van der Waals surface area (Å²) in [5.41, 5.74) is 1.36. The molecule has 0 bridgehead atoms. The predicted molar refractivity (Wildman–Crippen MR) is 92.6 cm³/mol. The fraction of sp³-hybridized carbons (Fsp3) is 0.529. The van der Waals surface area contributed by atoms with Crippen LogP contribution in [0.25, 0.3) is 0 Å². The van der Waals surface area contributed by atoms with Crippen molar-refractivity contribution in [2.45, 2.75) is 37.6 Å². The highest BCUT2D eigenvalue weighted by atomic mass is 32.2. The largest absolute Gasteiger partial charge is 0.376 e. The van der Waals surface area contributed by atoms with Gasteiger partial charge in [-0.2, -0.15) is 0 Å². The van der Waals surface area contributed by atoms with Gasteiger partial charge in [0.05, 0.1) is 6.10 Å². The Balaban J connectivity index is 1.52. The van der Waals surface area contributed by atoms with Crippen LogP contribution in [0.5, 0.6) is 0 Å². The summed E-state index contributed by atoms with van der Waals surface area (Å²) >= 11 is 1.68. The molecule has 23 heavy (non-hydrogen) atoms. The SMILES string of the molecule is CCc1nc(SC[C@H]2CN(Cc3ccccc3)CCCO2)n[nH]1. The van der Waals surface area contributed by atoms with Gasteiger partial charge in [0.15, 0.2) is 0 Å². The Morgan fingerprint density at radius 3 is 3.00 bits per heavy atom. The van der Waals surface area contributed by atoms with Gasteiger partial charge in [-0.3, -0.25) is 10.00 Å². The van der Waals surface area contributed by atoms with Crippen molar-refractivity contribution in [3.8, 4) is 0 Å². The fourth-order valence-electron chi connectivity index (χ4n) is 2.72. The molecule has 2 aromatic rings. The number of hydrogen-bond acceptors (Lipinski definition) is 5. The topological polar surface area (TPSA) is 54.0 Å². The van der Waals surface area contributed by atoms with Gasteiger partial charge < -0.3 is 4.74 Å². The van der Waals surface area contributed by atoms with Crippen LogP contribution in [0.4, 0.5) is 0 Å². The molecule has 1 N–H and O–H groups in total. The number of aryl methyl sites for hydroxylation is 1. The second-order valence-electron chi connectivity index (χ2n) is 5.80. The Bertz CT molecular complexity index is 589. The first-order valence-corrected chi connectivity index (χ1v) is 9.24. The number of rotatable bonds is 6. The number of nitrogens with one attached hydrogen (secondary N) is 1. The van der Waals surface area contributed by atoms with E-state index < -0.39 is 0 Å². The van der Waals surface area contributed by atoms with E-state index in [9.17, 15) is 0 Å². The third-order valence-corrected chi connectivity index (χ3v) is 4.91. The minimum absolute atomic E-state index is 0.231. The van der Waals surface area contributed by atoms with Crippen LogP contribution in [0.15, 0.2) is 35.5 Å². The first-order valence-electron chi connectivity index (χ1n) is 8.25. The van der Waals surface area contributed by atoms with Gasteiger partial charge in [-0.15, -0.1) is 5.10 Å². The number of benzene rings is 1. The van der Waals surface area contributed by atoms with Crippen molar-refractivity contribution in [3.05, 3.63) is 41.7 Å². The number of aromatic amines is 1. The van der Waals surface area contributed by atoms with E-state index in [0.29, 0.717) is 0 Å². The Labute approximate surface area is 141 Å². The lowest BCUT2D eigenvalue weighted by Gasteiger charge is -2.23. The third kappa shape index (κ3) is 5.06. The third-order valence-electron chi connectivity index (χ3n) is 3.93. The molecule has 1 aliphatic rings. The maximum Gasteiger partial charge on any atom is 0.208 e. The number of hydrogen-bond donors (Lipinski definition) is 1. The number of H-pyrrole nitrogens is 1. The molecule has 0 spiro atoms. The van der Waals surface area contributed by atoms with Gasteiger partial charge in [0.1, 0.15) is 5.82 Å². The van der Waals surface area contributed by atoms with Gasteiger partial charge >= 0.3 is 0 Å². The molecule has 3 rings (SSSR count).